The van der Waals surface area contributed by atoms with Crippen molar-refractivity contribution in [2.24, 2.45) is 0 Å². The molecule has 12 rings (SSSR count). The summed E-state index contributed by atoms with van der Waals surface area (Å²) in [6.07, 6.45) is 0.669. The number of nitrogens with zero attached hydrogens (tertiary/aromatic N) is 8. The average Bonchev–Trinajstić information content (AvgIpc) is 0.710. The van der Waals surface area contributed by atoms with Gasteiger partial charge in [0.1, 0.15) is 18.3 Å². The monoisotopic (exact) mass is 2010 g/mol. The number of ether oxygens (including phenoxy) is 16. The standard InChI is InChI=1S/C23H28N2O9.C22H26N2O9.C16H20N2O6.C12H17BrO7.C11H12N2O2.4CO2/c1-6-8-16-11-24-21-17(9-7-10-25(21)22(16)29)34-23-20(33-15(5)28)19(32-14(4)27)18(12(2)30-23)31-13(3)26;1-5-7-15-10-23-20-16(8-6-9-24(20)21(15)28)33-22-19(32-14(4)27)18(31-13(3)26)17(11-29-22)30-12(2)25;1-2-4-9-7-17-14-11(5-3-6-18(14)15(9)22)24-16-13(21)12(20)10(19)8-23-16;1-5-9(18-6(2)14)10(19-7(3)15)11(12(13)17-5)20-8(4)16;1-2-4-8-7-12-10-9(14)5-3-6-13(10)11(8)15;4*2-1-3/h7,9-12,18-20,23H,6,8H2,1-5H3;6,8-10,17-19,22H,5,7,11H2,1-4H3;3,5-7,10,12-13,16,19-21H,2,4,8H2,1H3;5,9-12H,1-4H3;3,5-7,14H,2,4H2,1H3;;;;/t12?,18-,19+,20?,23+;17-,18+,19?,22+;10-,12+,13?,16+;5?,9-,10?,11?,12-;;;;;/m1111...../s1. The van der Waals surface area contributed by atoms with E-state index in [2.05, 4.69) is 35.9 Å². The average molecular weight is 2010 g/mol. The third-order valence-corrected chi connectivity index (χ3v) is 19.6. The van der Waals surface area contributed by atoms with E-state index >= 15 is 0 Å². The van der Waals surface area contributed by atoms with Gasteiger partial charge in [-0.15, -0.1) is 0 Å². The van der Waals surface area contributed by atoms with Crippen LogP contribution in [0.3, 0.4) is 0 Å². The Hall–Kier alpha value is -14.4. The number of esters is 9. The number of aromatic nitrogens is 8. The highest BCUT2D eigenvalue weighted by atomic mass is 79.9. The zero-order valence-corrected chi connectivity index (χ0v) is 78.6. The van der Waals surface area contributed by atoms with Gasteiger partial charge in [-0.2, -0.15) is 38.4 Å². The lowest BCUT2D eigenvalue weighted by Crippen LogP contribution is -2.62. The third-order valence-electron chi connectivity index (χ3n) is 18.9. The van der Waals surface area contributed by atoms with Crippen molar-refractivity contribution in [2.75, 3.05) is 13.2 Å². The number of alkyl halides is 1. The summed E-state index contributed by atoms with van der Waals surface area (Å²) in [5.74, 6) is -5.00. The molecule has 0 radical (unpaired) electrons. The van der Waals surface area contributed by atoms with Gasteiger partial charge in [0.2, 0.25) is 31.1 Å². The third kappa shape index (κ3) is 34.1. The van der Waals surface area contributed by atoms with E-state index in [9.17, 15) is 82.8 Å². The Balaban J connectivity index is 0.000000357. The minimum Gasteiger partial charge on any atom is -0.504 e. The Labute approximate surface area is 791 Å². The smallest absolute Gasteiger partial charge is 0.373 e. The van der Waals surface area contributed by atoms with Gasteiger partial charge in [-0.25, -0.2) is 19.9 Å². The number of hydrogen-bond acceptors (Lipinski definition) is 45. The van der Waals surface area contributed by atoms with Crippen LogP contribution in [0.25, 0.3) is 22.6 Å². The van der Waals surface area contributed by atoms with E-state index in [1.807, 2.05) is 27.7 Å². The fraction of sp³-hybridized carbons (Fsp3) is 0.489. The largest absolute Gasteiger partial charge is 0.504 e. The van der Waals surface area contributed by atoms with Gasteiger partial charge in [-0.3, -0.25) is 79.9 Å². The van der Waals surface area contributed by atoms with Crippen molar-refractivity contribution in [3.8, 4) is 23.0 Å². The van der Waals surface area contributed by atoms with Crippen LogP contribution in [-0.2, 0) is 169 Å². The van der Waals surface area contributed by atoms with Crippen LogP contribution < -0.4 is 36.4 Å². The van der Waals surface area contributed by atoms with Gasteiger partial charge < -0.3 is 96.2 Å². The summed E-state index contributed by atoms with van der Waals surface area (Å²) in [4.78, 5) is 236. The predicted molar refractivity (Wildman–Crippen MR) is 460 cm³/mol. The summed E-state index contributed by atoms with van der Waals surface area (Å²) in [6, 6.07) is 12.7. The molecule has 50 heteroatoms. The first-order chi connectivity index (χ1) is 65.5. The minimum atomic E-state index is -1.42. The second-order valence-corrected chi connectivity index (χ2v) is 30.3. The number of rotatable bonds is 23. The van der Waals surface area contributed by atoms with Crippen LogP contribution >= 0.6 is 15.9 Å². The molecular formula is C88H103BrN8O41. The lowest BCUT2D eigenvalue weighted by atomic mass is 9.99. The molecule has 0 aliphatic carbocycles. The Morgan fingerprint density at radius 1 is 0.370 bits per heavy atom. The maximum atomic E-state index is 12.8. The highest BCUT2D eigenvalue weighted by Crippen LogP contribution is 2.35. The predicted octanol–water partition coefficient (Wildman–Crippen LogP) is 2.15. The topological polar surface area (TPSA) is 656 Å². The molecule has 18 atom stereocenters. The van der Waals surface area contributed by atoms with Crippen molar-refractivity contribution in [3.63, 3.8) is 0 Å². The summed E-state index contributed by atoms with van der Waals surface area (Å²) in [5, 5.41) is 38.0. The number of aryl methyl sites for hydroxylation is 4. The van der Waals surface area contributed by atoms with Crippen LogP contribution in [0.15, 0.2) is 117 Å². The Morgan fingerprint density at radius 2 is 0.645 bits per heavy atom. The second-order valence-electron chi connectivity index (χ2n) is 29.4. The fourth-order valence-electron chi connectivity index (χ4n) is 13.6. The quantitative estimate of drug-likeness (QED) is 0.0405. The van der Waals surface area contributed by atoms with E-state index in [-0.39, 0.29) is 94.3 Å². The maximum Gasteiger partial charge on any atom is 0.373 e. The molecule has 7 unspecified atom stereocenters. The number of halogens is 1. The molecule has 4 N–H and O–H groups in total. The Kier molecular flexibility index (Phi) is 48.8. The number of carbonyl (C=O) groups excluding carboxylic acids is 17. The van der Waals surface area contributed by atoms with Gasteiger partial charge in [-0.1, -0.05) is 69.3 Å². The van der Waals surface area contributed by atoms with Gasteiger partial charge >= 0.3 is 78.3 Å². The van der Waals surface area contributed by atoms with Crippen molar-refractivity contribution in [1.29, 1.82) is 0 Å². The van der Waals surface area contributed by atoms with Crippen molar-refractivity contribution in [1.82, 2.24) is 37.5 Å². The molecule has 4 fully saturated rings. The van der Waals surface area contributed by atoms with Gasteiger partial charge in [0.15, 0.2) is 93.3 Å². The molecule has 0 spiro atoms. The fourth-order valence-corrected chi connectivity index (χ4v) is 14.4. The molecule has 0 amide bonds. The number of aliphatic hydroxyl groups excluding tert-OH is 3. The summed E-state index contributed by atoms with van der Waals surface area (Å²) in [5.41, 5.74) is 2.78. The summed E-state index contributed by atoms with van der Waals surface area (Å²) >= 11 is 3.22. The Bertz CT molecular complexity index is 5810. The molecule has 0 aromatic carbocycles. The molecule has 8 aromatic heterocycles. The molecule has 4 saturated heterocycles. The van der Waals surface area contributed by atoms with Crippen LogP contribution in [0.4, 0.5) is 0 Å². The van der Waals surface area contributed by atoms with E-state index in [1.165, 1.54) is 105 Å². The van der Waals surface area contributed by atoms with Crippen LogP contribution in [0.2, 0.25) is 0 Å². The Morgan fingerprint density at radius 3 is 1.00 bits per heavy atom. The van der Waals surface area contributed by atoms with Crippen molar-refractivity contribution in [3.05, 3.63) is 162 Å². The lowest BCUT2D eigenvalue weighted by Gasteiger charge is -2.43. The molecule has 0 bridgehead atoms. The minimum absolute atomic E-state index is 0.0256. The number of carbonyl (C=O) groups is 9. The summed E-state index contributed by atoms with van der Waals surface area (Å²) in [6.45, 7) is 21.6. The number of aromatic hydroxyl groups is 1. The van der Waals surface area contributed by atoms with E-state index in [0.717, 1.165) is 25.7 Å². The first kappa shape index (κ1) is 116. The van der Waals surface area contributed by atoms with Crippen molar-refractivity contribution < 1.29 is 178 Å². The van der Waals surface area contributed by atoms with Gasteiger partial charge in [-0.05, 0) is 88.1 Å². The molecule has 0 saturated carbocycles. The molecule has 49 nitrogen and oxygen atoms in total. The normalized spacial score (nSPS) is 22.3. The molecule has 4 aliphatic heterocycles. The molecule has 748 valence electrons. The zero-order chi connectivity index (χ0) is 103. The lowest BCUT2D eigenvalue weighted by molar-refractivity contribution is -0.280. The van der Waals surface area contributed by atoms with E-state index in [1.54, 1.807) is 87.3 Å². The number of pyridine rings is 4. The number of fused-ring (bicyclic) bond motifs is 4. The molecule has 4 aliphatic rings. The van der Waals surface area contributed by atoms with Crippen LogP contribution in [-0.4, -0.2) is 259 Å². The van der Waals surface area contributed by atoms with E-state index < -0.39 is 163 Å². The highest BCUT2D eigenvalue weighted by molar-refractivity contribution is 9.09. The number of hydrogen-bond donors (Lipinski definition) is 4. The van der Waals surface area contributed by atoms with Gasteiger partial charge in [0.25, 0.3) is 22.2 Å². The van der Waals surface area contributed by atoms with Crippen molar-refractivity contribution >= 4 is 117 Å². The number of aliphatic hydroxyl groups is 3. The van der Waals surface area contributed by atoms with Crippen LogP contribution in [0, 0.1) is 0 Å². The molecule has 138 heavy (non-hydrogen) atoms. The van der Waals surface area contributed by atoms with Gasteiger partial charge in [0.05, 0.1) is 25.4 Å². The van der Waals surface area contributed by atoms with Crippen molar-refractivity contribution in [2.45, 2.75) is 265 Å². The van der Waals surface area contributed by atoms with E-state index in [4.69, 9.17) is 114 Å². The highest BCUT2D eigenvalue weighted by Gasteiger charge is 2.53. The zero-order valence-electron chi connectivity index (χ0n) is 77.1. The maximum absolute atomic E-state index is 12.8. The molecule has 8 aromatic rings. The SMILES string of the molecule is CC(=O)OC1C(OC(C)=O)[C@H](Br)OC(C)[C@H]1OC(C)=O.CCCc1cnc2c(O)cccn2c1=O.CCCc1cnc2c(O[C@@H]3OC(C)[C@@H](OC(C)=O)[C@H](OC(C)=O)C3OC(C)=O)cccn2c1=O.CCCc1cnc2c(O[C@@H]3OC[C@@H](O)[C@H](O)C3O)cccn2c1=O.CCCc1cnc2c(O[C@@H]3OC[C@@H](OC(C)=O)[C@H](OC(C)=O)C3OC(C)=O)cccn2c1=O.O=C=O.O=C=O.O=C=O.O=C=O. The first-order valence-electron chi connectivity index (χ1n) is 41.9. The molecule has 12 heterocycles. The molecular weight excluding hydrogens is 1900 g/mol. The summed E-state index contributed by atoms with van der Waals surface area (Å²) < 4.78 is 92.6. The second kappa shape index (κ2) is 58.1. The first-order valence-corrected chi connectivity index (χ1v) is 42.8. The van der Waals surface area contributed by atoms with Crippen LogP contribution in [0.1, 0.15) is 152 Å². The van der Waals surface area contributed by atoms with Crippen LogP contribution in [0.5, 0.6) is 23.0 Å². The van der Waals surface area contributed by atoms with Gasteiger partial charge in [0, 0.05) is 134 Å². The van der Waals surface area contributed by atoms with E-state index in [0.29, 0.717) is 59.2 Å². The summed E-state index contributed by atoms with van der Waals surface area (Å²) in [7, 11) is 0.